The van der Waals surface area contributed by atoms with Gasteiger partial charge in [-0.3, -0.25) is 0 Å². The molecule has 0 radical (unpaired) electrons. The highest BCUT2D eigenvalue weighted by Crippen LogP contribution is 2.38. The minimum atomic E-state index is 0.547. The lowest BCUT2D eigenvalue weighted by molar-refractivity contribution is 0.270. The van der Waals surface area contributed by atoms with Crippen LogP contribution in [0, 0.1) is 13.8 Å². The number of benzene rings is 1. The summed E-state index contributed by atoms with van der Waals surface area (Å²) in [4.78, 5) is 2.32. The zero-order valence-electron chi connectivity index (χ0n) is 11.0. The van der Waals surface area contributed by atoms with E-state index in [1.54, 1.807) is 0 Å². The third-order valence-corrected chi connectivity index (χ3v) is 3.72. The average molecular weight is 218 g/mol. The first kappa shape index (κ1) is 11.5. The molecule has 2 rings (SSSR count). The van der Waals surface area contributed by atoms with Crippen LogP contribution in [0.2, 0.25) is 0 Å². The molecule has 1 aliphatic rings. The van der Waals surface area contributed by atoms with Crippen LogP contribution in [0.5, 0.6) is 0 Å². The van der Waals surface area contributed by atoms with Crippen molar-refractivity contribution in [2.75, 3.05) is 19.4 Å². The minimum Gasteiger partial charge on any atom is -0.382 e. The monoisotopic (exact) mass is 218 g/mol. The van der Waals surface area contributed by atoms with Crippen molar-refractivity contribution in [2.45, 2.75) is 39.3 Å². The van der Waals surface area contributed by atoms with Crippen molar-refractivity contribution in [2.24, 2.45) is 0 Å². The van der Waals surface area contributed by atoms with E-state index in [0.717, 1.165) is 0 Å². The first-order valence-electron chi connectivity index (χ1n) is 6.03. The van der Waals surface area contributed by atoms with Crippen LogP contribution in [0.15, 0.2) is 12.1 Å². The van der Waals surface area contributed by atoms with Gasteiger partial charge in [-0.25, -0.2) is 0 Å². The van der Waals surface area contributed by atoms with Crippen molar-refractivity contribution in [3.05, 3.63) is 28.8 Å². The fourth-order valence-electron chi connectivity index (χ4n) is 2.56. The number of anilines is 1. The number of rotatable bonds is 1. The second kappa shape index (κ2) is 4.10. The molecule has 88 valence electrons. The Morgan fingerprint density at radius 1 is 1.25 bits per heavy atom. The summed E-state index contributed by atoms with van der Waals surface area (Å²) in [6.07, 6.45) is 1.18. The molecule has 2 nitrogen and oxygen atoms in total. The molecule has 0 fully saturated rings. The fraction of sp³-hybridized carbons (Fsp3) is 0.571. The van der Waals surface area contributed by atoms with Gasteiger partial charge < -0.3 is 10.2 Å². The molecule has 0 spiro atoms. The molecule has 16 heavy (non-hydrogen) atoms. The number of aryl methyl sites for hydroxylation is 1. The van der Waals surface area contributed by atoms with Crippen molar-refractivity contribution in [1.82, 2.24) is 4.90 Å². The lowest BCUT2D eigenvalue weighted by atomic mass is 9.89. The molecule has 2 heteroatoms. The Bertz CT molecular complexity index is 396. The standard InChI is InChI=1S/C14H22N2/c1-9-6-7-12-13(16(4)5)8-10(2)15-14(12)11(9)3/h6-7,10,13,15H,8H2,1-5H3. The van der Waals surface area contributed by atoms with Crippen LogP contribution in [0.25, 0.3) is 0 Å². The molecule has 2 unspecified atom stereocenters. The largest absolute Gasteiger partial charge is 0.382 e. The number of hydrogen-bond acceptors (Lipinski definition) is 2. The highest BCUT2D eigenvalue weighted by atomic mass is 15.1. The van der Waals surface area contributed by atoms with Crippen LogP contribution in [-0.4, -0.2) is 25.0 Å². The first-order valence-corrected chi connectivity index (χ1v) is 6.03. The molecule has 1 aliphatic heterocycles. The van der Waals surface area contributed by atoms with Gasteiger partial charge in [-0.1, -0.05) is 12.1 Å². The Balaban J connectivity index is 2.51. The van der Waals surface area contributed by atoms with E-state index in [9.17, 15) is 0 Å². The van der Waals surface area contributed by atoms with Gasteiger partial charge in [0.05, 0.1) is 0 Å². The summed E-state index contributed by atoms with van der Waals surface area (Å²) in [5, 5.41) is 3.63. The normalized spacial score (nSPS) is 24.1. The van der Waals surface area contributed by atoms with E-state index >= 15 is 0 Å². The van der Waals surface area contributed by atoms with Gasteiger partial charge in [-0.05, 0) is 58.0 Å². The maximum atomic E-state index is 3.63. The van der Waals surface area contributed by atoms with Gasteiger partial charge in [0.2, 0.25) is 0 Å². The van der Waals surface area contributed by atoms with Crippen molar-refractivity contribution in [3.8, 4) is 0 Å². The first-order chi connectivity index (χ1) is 7.50. The van der Waals surface area contributed by atoms with Crippen LogP contribution in [0.1, 0.15) is 36.1 Å². The van der Waals surface area contributed by atoms with Crippen LogP contribution in [-0.2, 0) is 0 Å². The smallest absolute Gasteiger partial charge is 0.0423 e. The SMILES string of the molecule is Cc1ccc2c(c1C)NC(C)CC2N(C)C. The van der Waals surface area contributed by atoms with Gasteiger partial charge in [0.25, 0.3) is 0 Å². The second-order valence-corrected chi connectivity index (χ2v) is 5.23. The van der Waals surface area contributed by atoms with Gasteiger partial charge in [0, 0.05) is 17.8 Å². The summed E-state index contributed by atoms with van der Waals surface area (Å²) in [6.45, 7) is 6.66. The summed E-state index contributed by atoms with van der Waals surface area (Å²) < 4.78 is 0. The van der Waals surface area contributed by atoms with Gasteiger partial charge in [-0.15, -0.1) is 0 Å². The van der Waals surface area contributed by atoms with E-state index in [2.05, 4.69) is 57.2 Å². The van der Waals surface area contributed by atoms with Crippen LogP contribution >= 0.6 is 0 Å². The van der Waals surface area contributed by atoms with E-state index < -0.39 is 0 Å². The lowest BCUT2D eigenvalue weighted by Gasteiger charge is -2.36. The van der Waals surface area contributed by atoms with Crippen LogP contribution in [0.3, 0.4) is 0 Å². The highest BCUT2D eigenvalue weighted by Gasteiger charge is 2.26. The van der Waals surface area contributed by atoms with Crippen LogP contribution < -0.4 is 5.32 Å². The van der Waals surface area contributed by atoms with Crippen LogP contribution in [0.4, 0.5) is 5.69 Å². The third kappa shape index (κ3) is 1.82. The molecule has 1 aromatic carbocycles. The van der Waals surface area contributed by atoms with Crippen molar-refractivity contribution in [3.63, 3.8) is 0 Å². The Hall–Kier alpha value is -1.02. The van der Waals surface area contributed by atoms with Gasteiger partial charge in [-0.2, -0.15) is 0 Å². The summed E-state index contributed by atoms with van der Waals surface area (Å²) in [6, 6.07) is 5.62. The zero-order valence-corrected chi connectivity index (χ0v) is 11.0. The molecule has 1 heterocycles. The molecule has 2 atom stereocenters. The number of nitrogens with zero attached hydrogens (tertiary/aromatic N) is 1. The third-order valence-electron chi connectivity index (χ3n) is 3.72. The molecule has 0 aliphatic carbocycles. The molecular weight excluding hydrogens is 196 g/mol. The number of fused-ring (bicyclic) bond motifs is 1. The fourth-order valence-corrected chi connectivity index (χ4v) is 2.56. The molecule has 0 saturated carbocycles. The number of nitrogens with one attached hydrogen (secondary N) is 1. The predicted octanol–water partition coefficient (Wildman–Crippen LogP) is 3.11. The topological polar surface area (TPSA) is 15.3 Å². The van der Waals surface area contributed by atoms with Crippen molar-refractivity contribution >= 4 is 5.69 Å². The maximum Gasteiger partial charge on any atom is 0.0423 e. The van der Waals surface area contributed by atoms with E-state index in [1.807, 2.05) is 0 Å². The Kier molecular flexibility index (Phi) is 2.94. The van der Waals surface area contributed by atoms with Crippen molar-refractivity contribution in [1.29, 1.82) is 0 Å². The van der Waals surface area contributed by atoms with E-state index in [0.29, 0.717) is 12.1 Å². The summed E-state index contributed by atoms with van der Waals surface area (Å²) in [5.41, 5.74) is 5.58. The molecule has 0 amide bonds. The summed E-state index contributed by atoms with van der Waals surface area (Å²) in [7, 11) is 4.34. The number of hydrogen-bond donors (Lipinski definition) is 1. The molecule has 1 aromatic rings. The Morgan fingerprint density at radius 2 is 1.94 bits per heavy atom. The predicted molar refractivity (Wildman–Crippen MR) is 70.0 cm³/mol. The molecule has 1 N–H and O–H groups in total. The minimum absolute atomic E-state index is 0.547. The van der Waals surface area contributed by atoms with Gasteiger partial charge in [0.15, 0.2) is 0 Å². The van der Waals surface area contributed by atoms with Gasteiger partial charge in [0.1, 0.15) is 0 Å². The molecule has 0 bridgehead atoms. The summed E-state index contributed by atoms with van der Waals surface area (Å²) in [5.74, 6) is 0. The van der Waals surface area contributed by atoms with Crippen molar-refractivity contribution < 1.29 is 0 Å². The quantitative estimate of drug-likeness (QED) is 0.779. The maximum absolute atomic E-state index is 3.63. The molecular formula is C14H22N2. The molecule has 0 aromatic heterocycles. The van der Waals surface area contributed by atoms with E-state index in [4.69, 9.17) is 0 Å². The van der Waals surface area contributed by atoms with Gasteiger partial charge >= 0.3 is 0 Å². The lowest BCUT2D eigenvalue weighted by Crippen LogP contribution is -2.33. The highest BCUT2D eigenvalue weighted by molar-refractivity contribution is 5.63. The Morgan fingerprint density at radius 3 is 2.56 bits per heavy atom. The van der Waals surface area contributed by atoms with E-state index in [1.165, 1.54) is 28.8 Å². The molecule has 0 saturated heterocycles. The van der Waals surface area contributed by atoms with E-state index in [-0.39, 0.29) is 0 Å². The average Bonchev–Trinajstić information content (AvgIpc) is 2.23. The Labute approximate surface area is 98.7 Å². The second-order valence-electron chi connectivity index (χ2n) is 5.23. The summed E-state index contributed by atoms with van der Waals surface area (Å²) >= 11 is 0. The zero-order chi connectivity index (χ0) is 11.9.